The van der Waals surface area contributed by atoms with E-state index in [9.17, 15) is 4.79 Å². The second-order valence-electron chi connectivity index (χ2n) is 7.29. The van der Waals surface area contributed by atoms with Crippen LogP contribution in [0.3, 0.4) is 0 Å². The van der Waals surface area contributed by atoms with E-state index in [4.69, 9.17) is 9.26 Å². The van der Waals surface area contributed by atoms with Crippen LogP contribution in [0.15, 0.2) is 28.8 Å². The van der Waals surface area contributed by atoms with Crippen LogP contribution in [-0.2, 0) is 4.79 Å². The van der Waals surface area contributed by atoms with E-state index in [0.29, 0.717) is 11.7 Å². The molecule has 7 nitrogen and oxygen atoms in total. The van der Waals surface area contributed by atoms with Crippen LogP contribution >= 0.6 is 0 Å². The Hall–Kier alpha value is -2.41. The number of rotatable bonds is 5. The highest BCUT2D eigenvalue weighted by Gasteiger charge is 2.57. The summed E-state index contributed by atoms with van der Waals surface area (Å²) < 4.78 is 10.6. The number of methoxy groups -OCH3 is 1. The van der Waals surface area contributed by atoms with Crippen molar-refractivity contribution in [3.8, 4) is 17.1 Å². The van der Waals surface area contributed by atoms with E-state index in [2.05, 4.69) is 20.8 Å². The van der Waals surface area contributed by atoms with Gasteiger partial charge in [0.15, 0.2) is 0 Å². The lowest BCUT2D eigenvalue weighted by Crippen LogP contribution is -2.34. The molecule has 2 aromatic rings. The highest BCUT2D eigenvalue weighted by Crippen LogP contribution is 2.58. The molecule has 2 atom stereocenters. The molecule has 7 heteroatoms. The topological polar surface area (TPSA) is 89.3 Å². The molecule has 1 aliphatic heterocycles. The summed E-state index contributed by atoms with van der Waals surface area (Å²) in [6.07, 6.45) is 3.16. The first kappa shape index (κ1) is 17.0. The monoisotopic (exact) mass is 356 g/mol. The van der Waals surface area contributed by atoms with E-state index < -0.39 is 0 Å². The van der Waals surface area contributed by atoms with Crippen molar-refractivity contribution >= 4 is 5.91 Å². The van der Waals surface area contributed by atoms with Crippen LogP contribution in [0, 0.1) is 11.3 Å². The van der Waals surface area contributed by atoms with E-state index in [-0.39, 0.29) is 23.3 Å². The van der Waals surface area contributed by atoms with Gasteiger partial charge < -0.3 is 19.9 Å². The molecule has 2 aliphatic rings. The molecule has 1 aromatic carbocycles. The summed E-state index contributed by atoms with van der Waals surface area (Å²) in [5.41, 5.74) is 1.03. The average molecular weight is 356 g/mol. The zero-order valence-electron chi connectivity index (χ0n) is 15.1. The van der Waals surface area contributed by atoms with Gasteiger partial charge >= 0.3 is 0 Å². The van der Waals surface area contributed by atoms with Crippen molar-refractivity contribution in [3.05, 3.63) is 30.2 Å². The van der Waals surface area contributed by atoms with E-state index >= 15 is 0 Å². The number of benzene rings is 1. The Balaban J connectivity index is 1.40. The highest BCUT2D eigenvalue weighted by molar-refractivity contribution is 5.82. The van der Waals surface area contributed by atoms with Gasteiger partial charge in [-0.1, -0.05) is 17.3 Å². The number of hydrogen-bond acceptors (Lipinski definition) is 6. The quantitative estimate of drug-likeness (QED) is 0.855. The molecule has 26 heavy (non-hydrogen) atoms. The fourth-order valence-corrected chi connectivity index (χ4v) is 3.86. The zero-order chi connectivity index (χ0) is 18.1. The Kier molecular flexibility index (Phi) is 4.40. The molecule has 138 valence electrons. The molecule has 1 aromatic heterocycles. The third-order valence-corrected chi connectivity index (χ3v) is 5.60. The molecule has 1 spiro atoms. The molecule has 1 saturated heterocycles. The summed E-state index contributed by atoms with van der Waals surface area (Å²) in [4.78, 5) is 17.0. The van der Waals surface area contributed by atoms with Crippen LogP contribution < -0.4 is 15.4 Å². The summed E-state index contributed by atoms with van der Waals surface area (Å²) in [5.74, 6) is 1.85. The fraction of sp³-hybridized carbons (Fsp3) is 0.526. The molecule has 1 amide bonds. The van der Waals surface area contributed by atoms with Crippen LogP contribution in [0.5, 0.6) is 5.75 Å². The zero-order valence-corrected chi connectivity index (χ0v) is 15.1. The second kappa shape index (κ2) is 6.72. The molecule has 2 fully saturated rings. The molecule has 0 bridgehead atoms. The minimum Gasteiger partial charge on any atom is -0.497 e. The number of nitrogens with one attached hydrogen (secondary N) is 2. The van der Waals surface area contributed by atoms with Gasteiger partial charge in [0.1, 0.15) is 11.8 Å². The van der Waals surface area contributed by atoms with Crippen LogP contribution in [0.2, 0.25) is 0 Å². The minimum absolute atomic E-state index is 0.0977. The number of nitrogens with zero attached hydrogens (tertiary/aromatic N) is 2. The Morgan fingerprint density at radius 3 is 3.00 bits per heavy atom. The molecule has 1 saturated carbocycles. The Bertz CT molecular complexity index is 798. The third-order valence-electron chi connectivity index (χ3n) is 5.60. The van der Waals surface area contributed by atoms with Gasteiger partial charge in [0, 0.05) is 11.5 Å². The summed E-state index contributed by atoms with van der Waals surface area (Å²) in [6.45, 7) is 3.89. The first-order valence-corrected chi connectivity index (χ1v) is 9.10. The molecule has 2 heterocycles. The van der Waals surface area contributed by atoms with E-state index in [0.717, 1.165) is 43.7 Å². The predicted molar refractivity (Wildman–Crippen MR) is 95.5 cm³/mol. The van der Waals surface area contributed by atoms with Gasteiger partial charge in [-0.05, 0) is 56.8 Å². The molecule has 2 unspecified atom stereocenters. The van der Waals surface area contributed by atoms with Gasteiger partial charge in [-0.3, -0.25) is 4.79 Å². The van der Waals surface area contributed by atoms with Crippen molar-refractivity contribution in [1.29, 1.82) is 0 Å². The first-order valence-electron chi connectivity index (χ1n) is 9.10. The van der Waals surface area contributed by atoms with E-state index in [1.807, 2.05) is 31.2 Å². The van der Waals surface area contributed by atoms with Crippen molar-refractivity contribution in [1.82, 2.24) is 20.8 Å². The first-order chi connectivity index (χ1) is 12.6. The lowest BCUT2D eigenvalue weighted by molar-refractivity contribution is -0.124. The van der Waals surface area contributed by atoms with Gasteiger partial charge in [0.05, 0.1) is 7.11 Å². The maximum atomic E-state index is 12.6. The molecule has 4 rings (SSSR count). The van der Waals surface area contributed by atoms with Crippen molar-refractivity contribution in [2.45, 2.75) is 32.2 Å². The van der Waals surface area contributed by atoms with Gasteiger partial charge in [0.25, 0.3) is 0 Å². The Morgan fingerprint density at radius 1 is 1.42 bits per heavy atom. The molecule has 1 aliphatic carbocycles. The number of piperidine rings is 1. The minimum atomic E-state index is -0.311. The van der Waals surface area contributed by atoms with E-state index in [1.165, 1.54) is 0 Å². The Labute approximate surface area is 152 Å². The van der Waals surface area contributed by atoms with Gasteiger partial charge in [-0.25, -0.2) is 0 Å². The van der Waals surface area contributed by atoms with Crippen molar-refractivity contribution in [2.24, 2.45) is 11.3 Å². The lowest BCUT2D eigenvalue weighted by atomic mass is 9.91. The van der Waals surface area contributed by atoms with Gasteiger partial charge in [-0.15, -0.1) is 0 Å². The summed E-state index contributed by atoms with van der Waals surface area (Å²) in [7, 11) is 1.62. The van der Waals surface area contributed by atoms with Crippen molar-refractivity contribution in [3.63, 3.8) is 0 Å². The van der Waals surface area contributed by atoms with Gasteiger partial charge in [0.2, 0.25) is 17.6 Å². The number of hydrogen-bond donors (Lipinski definition) is 2. The number of carbonyl (C=O) groups is 1. The second-order valence-corrected chi connectivity index (χ2v) is 7.29. The van der Waals surface area contributed by atoms with Crippen molar-refractivity contribution < 1.29 is 14.1 Å². The smallest absolute Gasteiger partial charge is 0.249 e. The normalized spacial score (nSPS) is 22.0. The fourth-order valence-electron chi connectivity index (χ4n) is 3.86. The molecular weight excluding hydrogens is 332 g/mol. The average Bonchev–Trinajstić information content (AvgIpc) is 3.14. The predicted octanol–water partition coefficient (Wildman–Crippen LogP) is 2.31. The van der Waals surface area contributed by atoms with Crippen molar-refractivity contribution in [2.75, 3.05) is 20.2 Å². The Morgan fingerprint density at radius 2 is 2.23 bits per heavy atom. The summed E-state index contributed by atoms with van der Waals surface area (Å²) in [6, 6.07) is 7.17. The largest absolute Gasteiger partial charge is 0.497 e. The number of aromatic nitrogens is 2. The summed E-state index contributed by atoms with van der Waals surface area (Å²) >= 11 is 0. The maximum Gasteiger partial charge on any atom is 0.249 e. The van der Waals surface area contributed by atoms with Gasteiger partial charge in [-0.2, -0.15) is 4.98 Å². The lowest BCUT2D eigenvalue weighted by Gasteiger charge is -2.23. The standard InChI is InChI=1S/C19H24N4O3/c1-12(21-17(24)15-11-19(15)6-8-20-9-7-19)18-22-16(23-26-18)13-4-3-5-14(10-13)25-2/h3-5,10,12,15,20H,6-9,11H2,1-2H3,(H,21,24). The number of amides is 1. The molecular formula is C19H24N4O3. The van der Waals surface area contributed by atoms with Crippen LogP contribution in [-0.4, -0.2) is 36.2 Å². The highest BCUT2D eigenvalue weighted by atomic mass is 16.5. The number of ether oxygens (including phenoxy) is 1. The van der Waals surface area contributed by atoms with E-state index in [1.54, 1.807) is 7.11 Å². The van der Waals surface area contributed by atoms with Crippen LogP contribution in [0.4, 0.5) is 0 Å². The maximum absolute atomic E-state index is 12.6. The number of carbonyl (C=O) groups excluding carboxylic acids is 1. The third kappa shape index (κ3) is 3.19. The molecule has 0 radical (unpaired) electrons. The summed E-state index contributed by atoms with van der Waals surface area (Å²) in [5, 5.41) is 10.4. The van der Waals surface area contributed by atoms with Crippen LogP contribution in [0.25, 0.3) is 11.4 Å². The van der Waals surface area contributed by atoms with Crippen LogP contribution in [0.1, 0.15) is 38.1 Å². The molecule has 2 N–H and O–H groups in total. The SMILES string of the molecule is COc1cccc(-c2noc(C(C)NC(=O)C3CC34CCNCC4)n2)c1.